The number of aliphatic hydroxyl groups excluding tert-OH is 1. The lowest BCUT2D eigenvalue weighted by atomic mass is 10.1. The lowest BCUT2D eigenvalue weighted by Crippen LogP contribution is -2.23. The maximum Gasteiger partial charge on any atom is 0.251 e. The fourth-order valence-corrected chi connectivity index (χ4v) is 2.58. The summed E-state index contributed by atoms with van der Waals surface area (Å²) in [7, 11) is 1.87. The van der Waals surface area contributed by atoms with E-state index in [1.807, 2.05) is 26.1 Å². The van der Waals surface area contributed by atoms with Crippen LogP contribution in [0.5, 0.6) is 0 Å². The molecule has 0 spiro atoms. The molecule has 8 nitrogen and oxygen atoms in total. The largest absolute Gasteiger partial charge is 0.395 e. The molecule has 2 heterocycles. The quantitative estimate of drug-likeness (QED) is 0.586. The second-order valence-corrected chi connectivity index (χ2v) is 6.08. The molecule has 0 saturated carbocycles. The molecule has 27 heavy (non-hydrogen) atoms. The van der Waals surface area contributed by atoms with Crippen LogP contribution in [0.25, 0.3) is 11.3 Å². The first-order valence-corrected chi connectivity index (χ1v) is 8.61. The number of hydrogen-bond acceptors (Lipinski definition) is 6. The van der Waals surface area contributed by atoms with Crippen molar-refractivity contribution in [3.05, 3.63) is 59.7 Å². The van der Waals surface area contributed by atoms with Gasteiger partial charge >= 0.3 is 0 Å². The van der Waals surface area contributed by atoms with Gasteiger partial charge in [-0.1, -0.05) is 12.1 Å². The summed E-state index contributed by atoms with van der Waals surface area (Å²) >= 11 is 0. The van der Waals surface area contributed by atoms with Crippen molar-refractivity contribution in [3.63, 3.8) is 0 Å². The second kappa shape index (κ2) is 8.41. The highest BCUT2D eigenvalue weighted by atomic mass is 16.3. The van der Waals surface area contributed by atoms with Crippen molar-refractivity contribution in [1.82, 2.24) is 25.1 Å². The summed E-state index contributed by atoms with van der Waals surface area (Å²) in [6.07, 6.45) is 3.22. The van der Waals surface area contributed by atoms with Crippen LogP contribution in [0, 0.1) is 6.92 Å². The molecule has 0 saturated heterocycles. The molecule has 0 unspecified atom stereocenters. The fraction of sp³-hybridized carbons (Fsp3) is 0.263. The predicted octanol–water partition coefficient (Wildman–Crippen LogP) is 1.52. The number of hydrogen-bond donors (Lipinski definition) is 3. The Morgan fingerprint density at radius 1 is 1.22 bits per heavy atom. The van der Waals surface area contributed by atoms with E-state index < -0.39 is 0 Å². The van der Waals surface area contributed by atoms with Crippen LogP contribution in [0.1, 0.15) is 21.6 Å². The Kier molecular flexibility index (Phi) is 5.77. The van der Waals surface area contributed by atoms with E-state index in [1.54, 1.807) is 29.1 Å². The number of carbonyl (C=O) groups is 1. The van der Waals surface area contributed by atoms with E-state index in [1.165, 1.54) is 6.33 Å². The monoisotopic (exact) mass is 366 g/mol. The summed E-state index contributed by atoms with van der Waals surface area (Å²) in [6, 6.07) is 9.04. The Hall–Kier alpha value is -3.26. The number of amides is 1. The molecule has 3 aromatic rings. The van der Waals surface area contributed by atoms with Gasteiger partial charge in [-0.2, -0.15) is 5.10 Å². The Balaban J connectivity index is 1.66. The van der Waals surface area contributed by atoms with Crippen LogP contribution in [0.3, 0.4) is 0 Å². The van der Waals surface area contributed by atoms with Crippen molar-refractivity contribution >= 4 is 11.7 Å². The van der Waals surface area contributed by atoms with E-state index in [9.17, 15) is 4.79 Å². The van der Waals surface area contributed by atoms with Gasteiger partial charge < -0.3 is 15.7 Å². The Bertz CT molecular complexity index is 920. The molecule has 8 heteroatoms. The lowest BCUT2D eigenvalue weighted by molar-refractivity contribution is 0.0951. The molecule has 1 amide bonds. The van der Waals surface area contributed by atoms with E-state index in [0.29, 0.717) is 24.5 Å². The van der Waals surface area contributed by atoms with Crippen molar-refractivity contribution in [1.29, 1.82) is 0 Å². The number of aliphatic hydroxyl groups is 1. The van der Waals surface area contributed by atoms with Gasteiger partial charge in [0.05, 0.1) is 18.5 Å². The van der Waals surface area contributed by atoms with Crippen LogP contribution in [0.2, 0.25) is 0 Å². The molecule has 0 bridgehead atoms. The van der Waals surface area contributed by atoms with Crippen LogP contribution in [0.4, 0.5) is 5.82 Å². The van der Waals surface area contributed by atoms with Gasteiger partial charge in [0, 0.05) is 48.6 Å². The van der Waals surface area contributed by atoms with Crippen molar-refractivity contribution in [2.75, 3.05) is 18.5 Å². The zero-order chi connectivity index (χ0) is 19.2. The Labute approximate surface area is 157 Å². The molecule has 140 valence electrons. The van der Waals surface area contributed by atoms with Gasteiger partial charge in [0.25, 0.3) is 5.91 Å². The molecule has 1 aromatic carbocycles. The third-order valence-corrected chi connectivity index (χ3v) is 4.30. The highest BCUT2D eigenvalue weighted by Crippen LogP contribution is 2.19. The van der Waals surface area contributed by atoms with Crippen LogP contribution in [-0.4, -0.2) is 43.9 Å². The first-order valence-electron chi connectivity index (χ1n) is 8.61. The molecular weight excluding hydrogens is 344 g/mol. The molecule has 2 aromatic heterocycles. The van der Waals surface area contributed by atoms with Gasteiger partial charge in [0.1, 0.15) is 12.1 Å². The molecule has 3 rings (SSSR count). The van der Waals surface area contributed by atoms with Crippen LogP contribution >= 0.6 is 0 Å². The van der Waals surface area contributed by atoms with Gasteiger partial charge in [0.2, 0.25) is 0 Å². The summed E-state index contributed by atoms with van der Waals surface area (Å²) in [6.45, 7) is 2.86. The standard InChI is InChI=1S/C19H22N6O2/c1-13-16(11-24-25(13)2)10-21-19(27)15-5-3-14(4-6-15)17-9-18(20-7-8-26)23-12-22-17/h3-6,9,11-12,26H,7-8,10H2,1-2H3,(H,21,27)(H,20,22,23). The van der Waals surface area contributed by atoms with Crippen molar-refractivity contribution in [2.24, 2.45) is 7.05 Å². The Morgan fingerprint density at radius 2 is 2.00 bits per heavy atom. The second-order valence-electron chi connectivity index (χ2n) is 6.08. The highest BCUT2D eigenvalue weighted by Gasteiger charge is 2.09. The lowest BCUT2D eigenvalue weighted by Gasteiger charge is -2.07. The zero-order valence-electron chi connectivity index (χ0n) is 15.3. The molecule has 0 fully saturated rings. The zero-order valence-corrected chi connectivity index (χ0v) is 15.3. The maximum atomic E-state index is 12.4. The summed E-state index contributed by atoms with van der Waals surface area (Å²) in [4.78, 5) is 20.7. The predicted molar refractivity (Wildman–Crippen MR) is 102 cm³/mol. The molecule has 0 aliphatic carbocycles. The minimum absolute atomic E-state index is 0.0295. The molecule has 0 radical (unpaired) electrons. The van der Waals surface area contributed by atoms with Crippen LogP contribution in [-0.2, 0) is 13.6 Å². The van der Waals surface area contributed by atoms with Crippen LogP contribution in [0.15, 0.2) is 42.9 Å². The molecule has 0 atom stereocenters. The number of nitrogens with zero attached hydrogens (tertiary/aromatic N) is 4. The van der Waals surface area contributed by atoms with Gasteiger partial charge in [0.15, 0.2) is 0 Å². The molecular formula is C19H22N6O2. The minimum Gasteiger partial charge on any atom is -0.395 e. The average molecular weight is 366 g/mol. The first kappa shape index (κ1) is 18.5. The van der Waals surface area contributed by atoms with Crippen molar-refractivity contribution in [2.45, 2.75) is 13.5 Å². The molecule has 0 aliphatic heterocycles. The summed E-state index contributed by atoms with van der Waals surface area (Å²) in [5.74, 6) is 0.500. The topological polar surface area (TPSA) is 105 Å². The average Bonchev–Trinajstić information content (AvgIpc) is 3.03. The van der Waals surface area contributed by atoms with Gasteiger partial charge in [-0.3, -0.25) is 9.48 Å². The van der Waals surface area contributed by atoms with Gasteiger partial charge in [-0.05, 0) is 19.1 Å². The van der Waals surface area contributed by atoms with Gasteiger partial charge in [-0.15, -0.1) is 0 Å². The SMILES string of the molecule is Cc1c(CNC(=O)c2ccc(-c3cc(NCCO)ncn3)cc2)cnn1C. The number of anilines is 1. The normalized spacial score (nSPS) is 10.6. The number of rotatable bonds is 7. The third-order valence-electron chi connectivity index (χ3n) is 4.30. The van der Waals surface area contributed by atoms with Crippen molar-refractivity contribution in [3.8, 4) is 11.3 Å². The smallest absolute Gasteiger partial charge is 0.251 e. The summed E-state index contributed by atoms with van der Waals surface area (Å²) < 4.78 is 1.78. The summed E-state index contributed by atoms with van der Waals surface area (Å²) in [5, 5.41) is 19.0. The number of benzene rings is 1. The van der Waals surface area contributed by atoms with E-state index >= 15 is 0 Å². The third kappa shape index (κ3) is 4.48. The highest BCUT2D eigenvalue weighted by molar-refractivity contribution is 5.94. The molecule has 0 aliphatic rings. The van der Waals surface area contributed by atoms with E-state index in [-0.39, 0.29) is 12.5 Å². The number of aryl methyl sites for hydroxylation is 1. The molecule has 3 N–H and O–H groups in total. The number of nitrogens with one attached hydrogen (secondary N) is 2. The van der Waals surface area contributed by atoms with Crippen molar-refractivity contribution < 1.29 is 9.90 Å². The van der Waals surface area contributed by atoms with E-state index in [0.717, 1.165) is 22.5 Å². The minimum atomic E-state index is -0.141. The van der Waals surface area contributed by atoms with Gasteiger partial charge in [-0.25, -0.2) is 9.97 Å². The van der Waals surface area contributed by atoms with E-state index in [4.69, 9.17) is 5.11 Å². The van der Waals surface area contributed by atoms with Crippen LogP contribution < -0.4 is 10.6 Å². The number of aromatic nitrogens is 4. The first-order chi connectivity index (χ1) is 13.1. The maximum absolute atomic E-state index is 12.4. The number of carbonyl (C=O) groups excluding carboxylic acids is 1. The van der Waals surface area contributed by atoms with E-state index in [2.05, 4.69) is 25.7 Å². The summed E-state index contributed by atoms with van der Waals surface area (Å²) in [5.41, 5.74) is 4.21. The Morgan fingerprint density at radius 3 is 2.67 bits per heavy atom. The fourth-order valence-electron chi connectivity index (χ4n) is 2.58.